The zero-order valence-corrected chi connectivity index (χ0v) is 15.8. The number of likely N-dealkylation sites (tertiary alicyclic amines) is 1. The number of rotatable bonds is 4. The number of amides is 2. The monoisotopic (exact) mass is 387 g/mol. The van der Waals surface area contributed by atoms with E-state index in [4.69, 9.17) is 0 Å². The van der Waals surface area contributed by atoms with Crippen LogP contribution in [0.2, 0.25) is 0 Å². The highest BCUT2D eigenvalue weighted by molar-refractivity contribution is 6.07. The zero-order chi connectivity index (χ0) is 19.8. The lowest BCUT2D eigenvalue weighted by molar-refractivity contribution is -0.133. The molecule has 0 bridgehead atoms. The van der Waals surface area contributed by atoms with Gasteiger partial charge in [0.2, 0.25) is 11.8 Å². The fourth-order valence-electron chi connectivity index (χ4n) is 4.77. The molecule has 1 aromatic carbocycles. The Balaban J connectivity index is 1.54. The number of fused-ring (bicyclic) bond motifs is 2. The van der Waals surface area contributed by atoms with Crippen molar-refractivity contribution in [2.24, 2.45) is 0 Å². The van der Waals surface area contributed by atoms with Crippen molar-refractivity contribution in [2.45, 2.75) is 30.7 Å². The number of aromatic nitrogens is 3. The van der Waals surface area contributed by atoms with Crippen LogP contribution in [-0.2, 0) is 21.4 Å². The topological polar surface area (TPSA) is 91.0 Å². The highest BCUT2D eigenvalue weighted by Crippen LogP contribution is 2.54. The average molecular weight is 387 g/mol. The third kappa shape index (κ3) is 2.73. The minimum atomic E-state index is -0.787. The normalized spacial score (nSPS) is 22.7. The van der Waals surface area contributed by atoms with Crippen LogP contribution in [0.25, 0.3) is 0 Å². The molecule has 4 heterocycles. The summed E-state index contributed by atoms with van der Waals surface area (Å²) in [5.41, 5.74) is 2.89. The van der Waals surface area contributed by atoms with Gasteiger partial charge in [-0.15, -0.1) is 0 Å². The number of carbonyl (C=O) groups excluding carboxylic acids is 2. The molecule has 2 N–H and O–H groups in total. The second-order valence-corrected chi connectivity index (χ2v) is 7.60. The number of carbonyl (C=O) groups is 2. The molecular formula is C22H21N5O2. The third-order valence-corrected chi connectivity index (χ3v) is 6.09. The summed E-state index contributed by atoms with van der Waals surface area (Å²) in [6, 6.07) is 11.2. The van der Waals surface area contributed by atoms with Crippen molar-refractivity contribution >= 4 is 17.5 Å². The molecule has 1 spiro atoms. The summed E-state index contributed by atoms with van der Waals surface area (Å²) in [6.07, 6.45) is 8.58. The summed E-state index contributed by atoms with van der Waals surface area (Å²) < 4.78 is 0. The molecule has 1 fully saturated rings. The van der Waals surface area contributed by atoms with E-state index in [0.717, 1.165) is 22.4 Å². The number of para-hydroxylation sites is 1. The van der Waals surface area contributed by atoms with Gasteiger partial charge in [0.15, 0.2) is 0 Å². The highest BCUT2D eigenvalue weighted by atomic mass is 16.2. The standard InChI is InChI=1S/C22H21N5O2/c28-19(8-7-15-12-24-25-13-15)27-11-9-22(20(27)16-4-3-10-23-14-16)17-5-1-2-6-18(17)26-21(22)29/h1-6,10,12-14,20H,7-9,11H2,(H,24,25)(H,26,29). The maximum atomic E-state index is 13.3. The summed E-state index contributed by atoms with van der Waals surface area (Å²) in [6.45, 7) is 0.533. The van der Waals surface area contributed by atoms with Crippen molar-refractivity contribution in [1.82, 2.24) is 20.1 Å². The fourth-order valence-corrected chi connectivity index (χ4v) is 4.77. The van der Waals surface area contributed by atoms with Gasteiger partial charge in [0.1, 0.15) is 5.41 Å². The Bertz CT molecular complexity index is 1050. The number of H-pyrrole nitrogens is 1. The van der Waals surface area contributed by atoms with Crippen LogP contribution in [0.3, 0.4) is 0 Å². The van der Waals surface area contributed by atoms with Gasteiger partial charge in [0.05, 0.1) is 12.2 Å². The molecule has 7 heteroatoms. The third-order valence-electron chi connectivity index (χ3n) is 6.09. The van der Waals surface area contributed by atoms with E-state index in [-0.39, 0.29) is 17.9 Å². The molecule has 29 heavy (non-hydrogen) atoms. The molecule has 2 amide bonds. The van der Waals surface area contributed by atoms with Crippen LogP contribution in [0.5, 0.6) is 0 Å². The molecule has 146 valence electrons. The maximum Gasteiger partial charge on any atom is 0.237 e. The van der Waals surface area contributed by atoms with Crippen molar-refractivity contribution in [3.05, 3.63) is 77.9 Å². The lowest BCUT2D eigenvalue weighted by Crippen LogP contribution is -2.42. The van der Waals surface area contributed by atoms with Gasteiger partial charge < -0.3 is 10.2 Å². The SMILES string of the molecule is O=C(CCc1cn[nH]c1)N1CCC2(C(=O)Nc3ccccc32)C1c1cccnc1. The Kier molecular flexibility index (Phi) is 4.16. The van der Waals surface area contributed by atoms with Crippen molar-refractivity contribution in [3.8, 4) is 0 Å². The van der Waals surface area contributed by atoms with Crippen LogP contribution < -0.4 is 5.32 Å². The van der Waals surface area contributed by atoms with E-state index in [1.165, 1.54) is 0 Å². The first kappa shape index (κ1) is 17.6. The van der Waals surface area contributed by atoms with Gasteiger partial charge in [0.25, 0.3) is 0 Å². The average Bonchev–Trinajstić information content (AvgIpc) is 3.47. The second-order valence-electron chi connectivity index (χ2n) is 7.60. The number of pyridine rings is 1. The first-order chi connectivity index (χ1) is 14.2. The Morgan fingerprint density at radius 2 is 2.10 bits per heavy atom. The van der Waals surface area contributed by atoms with Crippen LogP contribution in [0, 0.1) is 0 Å². The van der Waals surface area contributed by atoms with E-state index >= 15 is 0 Å². The summed E-state index contributed by atoms with van der Waals surface area (Å²) >= 11 is 0. The maximum absolute atomic E-state index is 13.3. The molecular weight excluding hydrogens is 366 g/mol. The van der Waals surface area contributed by atoms with Gasteiger partial charge in [0, 0.05) is 37.2 Å². The van der Waals surface area contributed by atoms with E-state index in [2.05, 4.69) is 20.5 Å². The molecule has 0 aliphatic carbocycles. The first-order valence-corrected chi connectivity index (χ1v) is 9.78. The van der Waals surface area contributed by atoms with Crippen LogP contribution in [0.15, 0.2) is 61.2 Å². The van der Waals surface area contributed by atoms with Gasteiger partial charge >= 0.3 is 0 Å². The van der Waals surface area contributed by atoms with Crippen molar-refractivity contribution in [2.75, 3.05) is 11.9 Å². The predicted molar refractivity (Wildman–Crippen MR) is 107 cm³/mol. The first-order valence-electron chi connectivity index (χ1n) is 9.78. The number of hydrogen-bond acceptors (Lipinski definition) is 4. The molecule has 3 aromatic rings. The zero-order valence-electron chi connectivity index (χ0n) is 15.8. The lowest BCUT2D eigenvalue weighted by atomic mass is 9.73. The minimum Gasteiger partial charge on any atom is -0.334 e. The summed E-state index contributed by atoms with van der Waals surface area (Å²) in [7, 11) is 0. The molecule has 2 aliphatic rings. The Morgan fingerprint density at radius 3 is 2.90 bits per heavy atom. The van der Waals surface area contributed by atoms with Crippen molar-refractivity contribution in [1.29, 1.82) is 0 Å². The van der Waals surface area contributed by atoms with Crippen LogP contribution in [0.1, 0.15) is 35.6 Å². The van der Waals surface area contributed by atoms with Gasteiger partial charge in [-0.3, -0.25) is 19.7 Å². The highest BCUT2D eigenvalue weighted by Gasteiger charge is 2.59. The molecule has 2 aliphatic heterocycles. The number of hydrogen-bond donors (Lipinski definition) is 2. The summed E-state index contributed by atoms with van der Waals surface area (Å²) in [4.78, 5) is 32.6. The Morgan fingerprint density at radius 1 is 1.21 bits per heavy atom. The number of benzene rings is 1. The smallest absolute Gasteiger partial charge is 0.237 e. The number of nitrogens with one attached hydrogen (secondary N) is 2. The number of aromatic amines is 1. The van der Waals surface area contributed by atoms with Crippen molar-refractivity contribution < 1.29 is 9.59 Å². The van der Waals surface area contributed by atoms with Crippen LogP contribution in [0.4, 0.5) is 5.69 Å². The van der Waals surface area contributed by atoms with E-state index in [0.29, 0.717) is 25.8 Å². The Labute approximate surface area is 168 Å². The summed E-state index contributed by atoms with van der Waals surface area (Å²) in [5, 5.41) is 9.75. The van der Waals surface area contributed by atoms with Crippen LogP contribution in [-0.4, -0.2) is 38.4 Å². The van der Waals surface area contributed by atoms with E-state index in [1.54, 1.807) is 24.8 Å². The van der Waals surface area contributed by atoms with Gasteiger partial charge in [-0.2, -0.15) is 5.10 Å². The molecule has 2 unspecified atom stereocenters. The predicted octanol–water partition coefficient (Wildman–Crippen LogP) is 2.60. The molecule has 7 nitrogen and oxygen atoms in total. The van der Waals surface area contributed by atoms with Gasteiger partial charge in [-0.1, -0.05) is 24.3 Å². The number of anilines is 1. The largest absolute Gasteiger partial charge is 0.334 e. The molecule has 5 rings (SSSR count). The minimum absolute atomic E-state index is 0.0362. The lowest BCUT2D eigenvalue weighted by Gasteiger charge is -2.34. The fraction of sp³-hybridized carbons (Fsp3) is 0.273. The second kappa shape index (κ2) is 6.84. The van der Waals surface area contributed by atoms with E-state index in [9.17, 15) is 9.59 Å². The number of nitrogens with zero attached hydrogens (tertiary/aromatic N) is 3. The van der Waals surface area contributed by atoms with Gasteiger partial charge in [-0.05, 0) is 41.7 Å². The molecule has 1 saturated heterocycles. The van der Waals surface area contributed by atoms with E-state index in [1.807, 2.05) is 41.3 Å². The Hall–Kier alpha value is -3.48. The quantitative estimate of drug-likeness (QED) is 0.720. The van der Waals surface area contributed by atoms with Crippen molar-refractivity contribution in [3.63, 3.8) is 0 Å². The summed E-state index contributed by atoms with van der Waals surface area (Å²) in [5.74, 6) is -0.00760. The van der Waals surface area contributed by atoms with Gasteiger partial charge in [-0.25, -0.2) is 0 Å². The molecule has 2 atom stereocenters. The van der Waals surface area contributed by atoms with Crippen LogP contribution >= 0.6 is 0 Å². The molecule has 2 aromatic heterocycles. The molecule has 0 saturated carbocycles. The number of aryl methyl sites for hydroxylation is 1. The van der Waals surface area contributed by atoms with E-state index < -0.39 is 5.41 Å². The molecule has 0 radical (unpaired) electrons.